The number of alkyl halides is 1. The van der Waals surface area contributed by atoms with Crippen LogP contribution in [0.1, 0.15) is 20.3 Å². The lowest BCUT2D eigenvalue weighted by atomic mass is 9.89. The highest BCUT2D eigenvalue weighted by Gasteiger charge is 2.38. The number of nitrogens with zero attached hydrogens (tertiary/aromatic N) is 1. The van der Waals surface area contributed by atoms with Crippen LogP contribution < -0.4 is 0 Å². The third-order valence-electron chi connectivity index (χ3n) is 2.09. The molecule has 0 spiro atoms. The van der Waals surface area contributed by atoms with E-state index < -0.39 is 0 Å². The monoisotopic (exact) mass is 161 g/mol. The summed E-state index contributed by atoms with van der Waals surface area (Å²) in [6.07, 6.45) is 1.09. The van der Waals surface area contributed by atoms with Crippen molar-refractivity contribution in [3.8, 4) is 0 Å². The molecule has 3 heteroatoms. The van der Waals surface area contributed by atoms with Gasteiger partial charge in [0.2, 0.25) is 5.91 Å². The molecule has 0 radical (unpaired) electrons. The quantitative estimate of drug-likeness (QED) is 0.530. The number of rotatable bonds is 1. The third kappa shape index (κ3) is 1.12. The molecule has 1 amide bonds. The molecule has 1 fully saturated rings. The van der Waals surface area contributed by atoms with Gasteiger partial charge in [0.1, 0.15) is 5.88 Å². The second kappa shape index (κ2) is 2.42. The van der Waals surface area contributed by atoms with Gasteiger partial charge in [0.25, 0.3) is 0 Å². The summed E-state index contributed by atoms with van der Waals surface area (Å²) in [4.78, 5) is 12.8. The van der Waals surface area contributed by atoms with Crippen molar-refractivity contribution in [2.24, 2.45) is 0 Å². The van der Waals surface area contributed by atoms with E-state index in [4.69, 9.17) is 11.6 Å². The Morgan fingerprint density at radius 2 is 2.30 bits per heavy atom. The molecule has 1 aliphatic rings. The summed E-state index contributed by atoms with van der Waals surface area (Å²) in [6.45, 7) is 4.99. The molecular weight excluding hydrogens is 150 g/mol. The summed E-state index contributed by atoms with van der Waals surface area (Å²) in [5.41, 5.74) is 0.0615. The van der Waals surface area contributed by atoms with Crippen LogP contribution in [0.3, 0.4) is 0 Å². The van der Waals surface area contributed by atoms with Gasteiger partial charge in [-0.1, -0.05) is 0 Å². The Balaban J connectivity index is 2.51. The fourth-order valence-electron chi connectivity index (χ4n) is 1.21. The molecule has 0 atom stereocenters. The number of hydrogen-bond donors (Lipinski definition) is 0. The van der Waals surface area contributed by atoms with E-state index in [1.807, 2.05) is 4.90 Å². The first-order valence-corrected chi connectivity index (χ1v) is 3.98. The molecule has 0 bridgehead atoms. The maximum Gasteiger partial charge on any atom is 0.237 e. The standard InChI is InChI=1S/C7H12ClNO/c1-7(2)3-4-9(7)6(10)5-8/h3-5H2,1-2H3. The van der Waals surface area contributed by atoms with Crippen LogP contribution in [0.2, 0.25) is 0 Å². The Hall–Kier alpha value is -0.240. The van der Waals surface area contributed by atoms with Crippen molar-refractivity contribution in [3.05, 3.63) is 0 Å². The Morgan fingerprint density at radius 3 is 2.40 bits per heavy atom. The predicted molar refractivity (Wildman–Crippen MR) is 41.1 cm³/mol. The van der Waals surface area contributed by atoms with Crippen molar-refractivity contribution in [3.63, 3.8) is 0 Å². The van der Waals surface area contributed by atoms with Crippen LogP contribution in [0, 0.1) is 0 Å². The van der Waals surface area contributed by atoms with Gasteiger partial charge in [0.05, 0.1) is 0 Å². The number of carbonyl (C=O) groups excluding carboxylic acids is 1. The molecule has 1 heterocycles. The third-order valence-corrected chi connectivity index (χ3v) is 2.32. The highest BCUT2D eigenvalue weighted by Crippen LogP contribution is 2.29. The normalized spacial score (nSPS) is 22.1. The number of halogens is 1. The molecule has 0 N–H and O–H groups in total. The van der Waals surface area contributed by atoms with Gasteiger partial charge in [-0.05, 0) is 20.3 Å². The minimum atomic E-state index is 0.0536. The molecule has 0 aliphatic carbocycles. The topological polar surface area (TPSA) is 20.3 Å². The van der Waals surface area contributed by atoms with E-state index in [1.54, 1.807) is 0 Å². The smallest absolute Gasteiger partial charge is 0.237 e. The van der Waals surface area contributed by atoms with Crippen LogP contribution in [0.15, 0.2) is 0 Å². The van der Waals surface area contributed by atoms with Crippen molar-refractivity contribution in [2.45, 2.75) is 25.8 Å². The van der Waals surface area contributed by atoms with Crippen molar-refractivity contribution < 1.29 is 4.79 Å². The van der Waals surface area contributed by atoms with Crippen LogP contribution in [0.4, 0.5) is 0 Å². The van der Waals surface area contributed by atoms with E-state index in [0.717, 1.165) is 13.0 Å². The molecule has 0 aromatic rings. The largest absolute Gasteiger partial charge is 0.336 e. The molecule has 10 heavy (non-hydrogen) atoms. The molecule has 0 aromatic heterocycles. The predicted octanol–water partition coefficient (Wildman–Crippen LogP) is 1.24. The van der Waals surface area contributed by atoms with Gasteiger partial charge in [-0.2, -0.15) is 0 Å². The zero-order valence-electron chi connectivity index (χ0n) is 6.35. The number of likely N-dealkylation sites (tertiary alicyclic amines) is 1. The summed E-state index contributed by atoms with van der Waals surface area (Å²) in [7, 11) is 0. The maximum atomic E-state index is 11.0. The van der Waals surface area contributed by atoms with Gasteiger partial charge in [0.15, 0.2) is 0 Å². The van der Waals surface area contributed by atoms with E-state index in [2.05, 4.69) is 13.8 Å². The highest BCUT2D eigenvalue weighted by atomic mass is 35.5. The van der Waals surface area contributed by atoms with E-state index in [-0.39, 0.29) is 17.3 Å². The summed E-state index contributed by atoms with van der Waals surface area (Å²) in [6, 6.07) is 0. The number of carbonyl (C=O) groups is 1. The van der Waals surface area contributed by atoms with Gasteiger partial charge in [0, 0.05) is 12.1 Å². The molecule has 1 rings (SSSR count). The molecule has 0 saturated carbocycles. The number of amides is 1. The average Bonchev–Trinajstić information content (AvgIpc) is 1.86. The second-order valence-corrected chi connectivity index (χ2v) is 3.51. The van der Waals surface area contributed by atoms with E-state index >= 15 is 0 Å². The fourth-order valence-corrected chi connectivity index (χ4v) is 1.35. The zero-order valence-corrected chi connectivity index (χ0v) is 7.11. The first kappa shape index (κ1) is 7.86. The van der Waals surface area contributed by atoms with Gasteiger partial charge in [-0.25, -0.2) is 0 Å². The van der Waals surface area contributed by atoms with Crippen LogP contribution in [0.25, 0.3) is 0 Å². The molecule has 0 unspecified atom stereocenters. The van der Waals surface area contributed by atoms with Crippen molar-refractivity contribution in [1.29, 1.82) is 0 Å². The van der Waals surface area contributed by atoms with Gasteiger partial charge in [-0.15, -0.1) is 11.6 Å². The Labute approximate surface area is 66.1 Å². The van der Waals surface area contributed by atoms with Crippen LogP contribution in [-0.2, 0) is 4.79 Å². The SMILES string of the molecule is CC1(C)CCN1C(=O)CCl. The summed E-state index contributed by atoms with van der Waals surface area (Å²) in [5, 5.41) is 0. The van der Waals surface area contributed by atoms with Crippen LogP contribution in [-0.4, -0.2) is 28.8 Å². The molecule has 2 nitrogen and oxygen atoms in total. The van der Waals surface area contributed by atoms with Crippen molar-refractivity contribution >= 4 is 17.5 Å². The lowest BCUT2D eigenvalue weighted by Gasteiger charge is -2.48. The first-order chi connectivity index (χ1) is 4.58. The second-order valence-electron chi connectivity index (χ2n) is 3.24. The van der Waals surface area contributed by atoms with Gasteiger partial charge < -0.3 is 4.90 Å². The zero-order chi connectivity index (χ0) is 7.78. The lowest BCUT2D eigenvalue weighted by Crippen LogP contribution is -2.58. The average molecular weight is 162 g/mol. The summed E-state index contributed by atoms with van der Waals surface area (Å²) >= 11 is 5.40. The summed E-state index contributed by atoms with van der Waals surface area (Å²) < 4.78 is 0. The van der Waals surface area contributed by atoms with E-state index in [1.165, 1.54) is 0 Å². The minimum Gasteiger partial charge on any atom is -0.336 e. The molecule has 58 valence electrons. The Bertz CT molecular complexity index is 156. The highest BCUT2D eigenvalue weighted by molar-refractivity contribution is 6.27. The van der Waals surface area contributed by atoms with E-state index in [0.29, 0.717) is 0 Å². The van der Waals surface area contributed by atoms with Crippen molar-refractivity contribution in [2.75, 3.05) is 12.4 Å². The van der Waals surface area contributed by atoms with Gasteiger partial charge in [-0.3, -0.25) is 4.79 Å². The first-order valence-electron chi connectivity index (χ1n) is 3.44. The molecule has 1 aliphatic heterocycles. The fraction of sp³-hybridized carbons (Fsp3) is 0.857. The molecular formula is C7H12ClNO. The lowest BCUT2D eigenvalue weighted by molar-refractivity contribution is -0.141. The number of hydrogen-bond acceptors (Lipinski definition) is 1. The minimum absolute atomic E-state index is 0.0536. The maximum absolute atomic E-state index is 11.0. The van der Waals surface area contributed by atoms with Crippen molar-refractivity contribution in [1.82, 2.24) is 4.90 Å². The molecule has 1 saturated heterocycles. The van der Waals surface area contributed by atoms with Gasteiger partial charge >= 0.3 is 0 Å². The summed E-state index contributed by atoms with van der Waals surface area (Å²) in [5.74, 6) is 0.168. The molecule has 0 aromatic carbocycles. The van der Waals surface area contributed by atoms with E-state index in [9.17, 15) is 4.79 Å². The Kier molecular flexibility index (Phi) is 1.90. The van der Waals surface area contributed by atoms with Crippen LogP contribution in [0.5, 0.6) is 0 Å². The Morgan fingerprint density at radius 1 is 1.70 bits per heavy atom. The van der Waals surface area contributed by atoms with Crippen LogP contribution >= 0.6 is 11.6 Å².